The molecule has 1 saturated heterocycles. The molecule has 0 saturated carbocycles. The van der Waals surface area contributed by atoms with Crippen molar-refractivity contribution in [2.75, 3.05) is 46.4 Å². The van der Waals surface area contributed by atoms with Crippen LogP contribution in [0.4, 0.5) is 4.79 Å². The highest BCUT2D eigenvalue weighted by Gasteiger charge is 2.18. The van der Waals surface area contributed by atoms with E-state index >= 15 is 0 Å². The zero-order chi connectivity index (χ0) is 18.2. The third-order valence-electron chi connectivity index (χ3n) is 4.89. The Morgan fingerprint density at radius 1 is 1.44 bits per heavy atom. The molecule has 0 radical (unpaired) electrons. The van der Waals surface area contributed by atoms with E-state index in [4.69, 9.17) is 0 Å². The number of urea groups is 1. The van der Waals surface area contributed by atoms with E-state index in [1.807, 2.05) is 31.6 Å². The number of likely N-dealkylation sites (tertiary alicyclic amines) is 1. The first-order chi connectivity index (χ1) is 12.0. The second kappa shape index (κ2) is 9.77. The van der Waals surface area contributed by atoms with Crippen molar-refractivity contribution in [3.63, 3.8) is 0 Å². The Labute approximate surface area is 151 Å². The Morgan fingerprint density at radius 3 is 2.92 bits per heavy atom. The number of aryl methyl sites for hydroxylation is 2. The highest BCUT2D eigenvalue weighted by Crippen LogP contribution is 2.15. The molecule has 1 aliphatic heterocycles. The van der Waals surface area contributed by atoms with Gasteiger partial charge in [-0.3, -0.25) is 4.68 Å². The predicted octanol–water partition coefficient (Wildman–Crippen LogP) is 1.24. The monoisotopic (exact) mass is 351 g/mol. The molecule has 1 atom stereocenters. The van der Waals surface area contributed by atoms with Gasteiger partial charge in [0.1, 0.15) is 0 Å². The minimum Gasteiger partial charge on any atom is -0.396 e. The van der Waals surface area contributed by atoms with E-state index in [-0.39, 0.29) is 12.6 Å². The Balaban J connectivity index is 1.60. The van der Waals surface area contributed by atoms with Crippen molar-refractivity contribution in [2.45, 2.75) is 39.7 Å². The maximum Gasteiger partial charge on any atom is 0.317 e. The third-order valence-corrected chi connectivity index (χ3v) is 4.89. The number of aliphatic hydroxyl groups excluding tert-OH is 1. The number of hydrogen-bond acceptors (Lipinski definition) is 4. The number of carbonyl (C=O) groups is 1. The number of piperidine rings is 1. The van der Waals surface area contributed by atoms with Crippen LogP contribution in [0.5, 0.6) is 0 Å². The highest BCUT2D eigenvalue weighted by atomic mass is 16.3. The number of amides is 2. The summed E-state index contributed by atoms with van der Waals surface area (Å²) in [6.07, 6.45) is 3.23. The zero-order valence-electron chi connectivity index (χ0n) is 15.9. The molecule has 2 N–H and O–H groups in total. The fraction of sp³-hybridized carbons (Fsp3) is 0.778. The SMILES string of the molecule is Cc1cc(C)n(CCN(C)C(=O)NCCCN2CCC[C@H](CO)C2)n1. The molecule has 0 aromatic carbocycles. The summed E-state index contributed by atoms with van der Waals surface area (Å²) < 4.78 is 1.94. The Kier molecular flexibility index (Phi) is 7.71. The lowest BCUT2D eigenvalue weighted by atomic mass is 9.99. The van der Waals surface area contributed by atoms with Crippen LogP contribution in [0.3, 0.4) is 0 Å². The largest absolute Gasteiger partial charge is 0.396 e. The molecule has 7 heteroatoms. The molecule has 0 unspecified atom stereocenters. The van der Waals surface area contributed by atoms with Crippen LogP contribution in [-0.4, -0.2) is 77.1 Å². The topological polar surface area (TPSA) is 73.6 Å². The second-order valence-electron chi connectivity index (χ2n) is 7.15. The first-order valence-electron chi connectivity index (χ1n) is 9.33. The average molecular weight is 351 g/mol. The zero-order valence-corrected chi connectivity index (χ0v) is 15.9. The summed E-state index contributed by atoms with van der Waals surface area (Å²) in [4.78, 5) is 16.2. The number of hydrogen-bond donors (Lipinski definition) is 2. The third kappa shape index (κ3) is 6.32. The molecule has 1 aromatic heterocycles. The lowest BCUT2D eigenvalue weighted by Gasteiger charge is -2.31. The molecule has 2 amide bonds. The van der Waals surface area contributed by atoms with Crippen LogP contribution in [0, 0.1) is 19.8 Å². The molecule has 7 nitrogen and oxygen atoms in total. The van der Waals surface area contributed by atoms with E-state index in [0.717, 1.165) is 50.3 Å². The van der Waals surface area contributed by atoms with E-state index in [0.29, 0.717) is 25.6 Å². The number of aromatic nitrogens is 2. The lowest BCUT2D eigenvalue weighted by Crippen LogP contribution is -2.41. The van der Waals surface area contributed by atoms with Crippen molar-refractivity contribution in [2.24, 2.45) is 5.92 Å². The van der Waals surface area contributed by atoms with E-state index in [2.05, 4.69) is 15.3 Å². The molecule has 0 spiro atoms. The van der Waals surface area contributed by atoms with Crippen LogP contribution in [0.15, 0.2) is 6.07 Å². The summed E-state index contributed by atoms with van der Waals surface area (Å²) in [6, 6.07) is 2.01. The number of likely N-dealkylation sites (N-methyl/N-ethyl adjacent to an activating group) is 1. The molecule has 1 aromatic rings. The van der Waals surface area contributed by atoms with Crippen LogP contribution < -0.4 is 5.32 Å². The fourth-order valence-electron chi connectivity index (χ4n) is 3.38. The van der Waals surface area contributed by atoms with Gasteiger partial charge in [-0.25, -0.2) is 4.79 Å². The van der Waals surface area contributed by atoms with Crippen molar-refractivity contribution in [1.82, 2.24) is 24.9 Å². The number of carbonyl (C=O) groups excluding carboxylic acids is 1. The molecule has 2 heterocycles. The molecular weight excluding hydrogens is 318 g/mol. The molecule has 1 aliphatic rings. The Hall–Kier alpha value is -1.60. The van der Waals surface area contributed by atoms with Gasteiger partial charge in [-0.2, -0.15) is 5.10 Å². The van der Waals surface area contributed by atoms with Gasteiger partial charge in [-0.05, 0) is 58.2 Å². The van der Waals surface area contributed by atoms with Gasteiger partial charge in [-0.15, -0.1) is 0 Å². The smallest absolute Gasteiger partial charge is 0.317 e. The molecule has 0 aliphatic carbocycles. The summed E-state index contributed by atoms with van der Waals surface area (Å²) >= 11 is 0. The molecule has 0 bridgehead atoms. The van der Waals surface area contributed by atoms with Gasteiger partial charge in [0.15, 0.2) is 0 Å². The van der Waals surface area contributed by atoms with Gasteiger partial charge in [0.2, 0.25) is 0 Å². The minimum absolute atomic E-state index is 0.0339. The second-order valence-corrected chi connectivity index (χ2v) is 7.15. The van der Waals surface area contributed by atoms with Crippen molar-refractivity contribution in [3.8, 4) is 0 Å². The summed E-state index contributed by atoms with van der Waals surface area (Å²) in [5.41, 5.74) is 2.12. The number of rotatable bonds is 8. The summed E-state index contributed by atoms with van der Waals surface area (Å²) in [6.45, 7) is 9.38. The van der Waals surface area contributed by atoms with E-state index < -0.39 is 0 Å². The van der Waals surface area contributed by atoms with Crippen LogP contribution in [0.1, 0.15) is 30.7 Å². The molecule has 1 fully saturated rings. The van der Waals surface area contributed by atoms with E-state index in [9.17, 15) is 9.90 Å². The van der Waals surface area contributed by atoms with Crippen LogP contribution in [0.25, 0.3) is 0 Å². The Bertz CT molecular complexity index is 546. The summed E-state index contributed by atoms with van der Waals surface area (Å²) in [5.74, 6) is 0.420. The minimum atomic E-state index is -0.0339. The maximum absolute atomic E-state index is 12.1. The van der Waals surface area contributed by atoms with Gasteiger partial charge >= 0.3 is 6.03 Å². The quantitative estimate of drug-likeness (QED) is 0.691. The van der Waals surface area contributed by atoms with Crippen LogP contribution in [0.2, 0.25) is 0 Å². The molecule has 142 valence electrons. The van der Waals surface area contributed by atoms with Crippen LogP contribution >= 0.6 is 0 Å². The van der Waals surface area contributed by atoms with Gasteiger partial charge in [0, 0.05) is 39.0 Å². The normalized spacial score (nSPS) is 18.3. The molecular formula is C18H33N5O2. The highest BCUT2D eigenvalue weighted by molar-refractivity contribution is 5.73. The van der Waals surface area contributed by atoms with E-state index in [1.54, 1.807) is 4.90 Å². The van der Waals surface area contributed by atoms with Gasteiger partial charge < -0.3 is 20.2 Å². The van der Waals surface area contributed by atoms with Crippen LogP contribution in [-0.2, 0) is 6.54 Å². The van der Waals surface area contributed by atoms with Gasteiger partial charge in [-0.1, -0.05) is 0 Å². The van der Waals surface area contributed by atoms with Gasteiger partial charge in [0.25, 0.3) is 0 Å². The average Bonchev–Trinajstić information content (AvgIpc) is 2.93. The van der Waals surface area contributed by atoms with Gasteiger partial charge in [0.05, 0.1) is 12.2 Å². The first kappa shape index (κ1) is 19.7. The predicted molar refractivity (Wildman–Crippen MR) is 98.6 cm³/mol. The van der Waals surface area contributed by atoms with Crippen molar-refractivity contribution in [3.05, 3.63) is 17.5 Å². The first-order valence-corrected chi connectivity index (χ1v) is 9.33. The summed E-state index contributed by atoms with van der Waals surface area (Å²) in [7, 11) is 1.82. The number of nitrogens with zero attached hydrogens (tertiary/aromatic N) is 4. The van der Waals surface area contributed by atoms with E-state index in [1.165, 1.54) is 0 Å². The van der Waals surface area contributed by atoms with Crippen molar-refractivity contribution in [1.29, 1.82) is 0 Å². The standard InChI is InChI=1S/C18H33N5O2/c1-15-12-16(2)23(20-15)11-10-21(3)18(25)19-7-5-9-22-8-4-6-17(13-22)14-24/h12,17,24H,4-11,13-14H2,1-3H3,(H,19,25)/t17-/m0/s1. The fourth-order valence-corrected chi connectivity index (χ4v) is 3.38. The maximum atomic E-state index is 12.1. The molecule has 2 rings (SSSR count). The number of nitrogens with one attached hydrogen (secondary N) is 1. The lowest BCUT2D eigenvalue weighted by molar-refractivity contribution is 0.119. The van der Waals surface area contributed by atoms with Crippen molar-refractivity contribution >= 4 is 6.03 Å². The molecule has 25 heavy (non-hydrogen) atoms. The Morgan fingerprint density at radius 2 is 2.24 bits per heavy atom. The number of aliphatic hydroxyl groups is 1. The summed E-state index contributed by atoms with van der Waals surface area (Å²) in [5, 5.41) is 16.7. The van der Waals surface area contributed by atoms with Crippen molar-refractivity contribution < 1.29 is 9.90 Å².